The van der Waals surface area contributed by atoms with Crippen LogP contribution in [0.2, 0.25) is 0 Å². The van der Waals surface area contributed by atoms with Gasteiger partial charge in [0.2, 0.25) is 5.91 Å². The molecule has 0 aliphatic heterocycles. The van der Waals surface area contributed by atoms with Crippen LogP contribution in [-0.2, 0) is 21.4 Å². The van der Waals surface area contributed by atoms with Crippen molar-refractivity contribution in [2.24, 2.45) is 5.73 Å². The van der Waals surface area contributed by atoms with Crippen LogP contribution in [0, 0.1) is 0 Å². The highest BCUT2D eigenvalue weighted by atomic mass is 16.5. The van der Waals surface area contributed by atoms with Crippen molar-refractivity contribution in [3.05, 3.63) is 29.3 Å². The first-order valence-corrected chi connectivity index (χ1v) is 10.3. The molecule has 4 N–H and O–H groups in total. The Morgan fingerprint density at radius 3 is 2.59 bits per heavy atom. The average Bonchev–Trinajstić information content (AvgIpc) is 2.66. The van der Waals surface area contributed by atoms with Crippen molar-refractivity contribution < 1.29 is 14.6 Å². The van der Waals surface area contributed by atoms with Gasteiger partial charge in [-0.3, -0.25) is 10.1 Å². The van der Waals surface area contributed by atoms with Crippen LogP contribution in [0.3, 0.4) is 0 Å². The number of unbranched alkanes of at least 4 members (excludes halogenated alkanes) is 2. The van der Waals surface area contributed by atoms with Gasteiger partial charge in [0.25, 0.3) is 0 Å². The highest BCUT2D eigenvalue weighted by Gasteiger charge is 2.47. The number of hydrogen-bond acceptors (Lipinski definition) is 4. The fourth-order valence-corrected chi connectivity index (χ4v) is 4.74. The minimum absolute atomic E-state index is 0.0362. The zero-order valence-corrected chi connectivity index (χ0v) is 17.3. The first-order valence-electron chi connectivity index (χ1n) is 10.3. The van der Waals surface area contributed by atoms with E-state index in [2.05, 4.69) is 26.1 Å². The second-order valence-corrected chi connectivity index (χ2v) is 7.78. The number of methoxy groups -OCH3 is 1. The largest absolute Gasteiger partial charge is 0.508 e. The van der Waals surface area contributed by atoms with Gasteiger partial charge in [0.15, 0.2) is 0 Å². The summed E-state index contributed by atoms with van der Waals surface area (Å²) in [7, 11) is 1.73. The average molecular weight is 377 g/mol. The Morgan fingerprint density at radius 1 is 1.33 bits per heavy atom. The van der Waals surface area contributed by atoms with E-state index in [1.807, 2.05) is 12.1 Å². The van der Waals surface area contributed by atoms with E-state index in [4.69, 9.17) is 10.5 Å². The SMILES string of the molecule is CCCCCC(N[C@H]1[C@H](OC)Cc2ccc(O)cc2C1(CC)CC)C(N)=O. The van der Waals surface area contributed by atoms with E-state index in [9.17, 15) is 9.90 Å². The summed E-state index contributed by atoms with van der Waals surface area (Å²) in [5.74, 6) is -0.0205. The maximum absolute atomic E-state index is 12.1. The third-order valence-corrected chi connectivity index (χ3v) is 6.40. The monoisotopic (exact) mass is 376 g/mol. The lowest BCUT2D eigenvalue weighted by atomic mass is 9.62. The van der Waals surface area contributed by atoms with Crippen LogP contribution in [0.25, 0.3) is 0 Å². The lowest BCUT2D eigenvalue weighted by Gasteiger charge is -2.49. The Balaban J connectivity index is 2.42. The molecule has 1 aliphatic rings. The summed E-state index contributed by atoms with van der Waals surface area (Å²) in [4.78, 5) is 12.1. The van der Waals surface area contributed by atoms with Crippen molar-refractivity contribution in [1.82, 2.24) is 5.32 Å². The molecule has 1 amide bonds. The second kappa shape index (κ2) is 9.56. The molecule has 2 rings (SSSR count). The fourth-order valence-electron chi connectivity index (χ4n) is 4.74. The zero-order chi connectivity index (χ0) is 20.0. The molecule has 5 heteroatoms. The number of rotatable bonds is 10. The van der Waals surface area contributed by atoms with Gasteiger partial charge >= 0.3 is 0 Å². The Bertz CT molecular complexity index is 628. The standard InChI is InChI=1S/C22H36N2O3/c1-5-8-9-10-18(21(23)26)24-20-19(27-4)13-15-11-12-16(25)14-17(15)22(20,6-2)7-3/h11-12,14,18-20,24-25H,5-10,13H2,1-4H3,(H2,23,26)/t18?,19-,20+/m1/s1. The first-order chi connectivity index (χ1) is 12.9. The maximum atomic E-state index is 12.1. The van der Waals surface area contributed by atoms with Gasteiger partial charge in [-0.1, -0.05) is 46.1 Å². The van der Waals surface area contributed by atoms with E-state index in [1.165, 1.54) is 5.56 Å². The molecular formula is C22H36N2O3. The number of phenolic OH excluding ortho intramolecular Hbond substituents is 1. The predicted molar refractivity (Wildman–Crippen MR) is 109 cm³/mol. The number of primary amides is 1. The Kier molecular flexibility index (Phi) is 7.68. The highest BCUT2D eigenvalue weighted by Crippen LogP contribution is 2.45. The minimum atomic E-state index is -0.365. The van der Waals surface area contributed by atoms with E-state index in [-0.39, 0.29) is 35.3 Å². The number of carbonyl (C=O) groups is 1. The number of nitrogens with two attached hydrogens (primary N) is 1. The van der Waals surface area contributed by atoms with Crippen LogP contribution in [-0.4, -0.2) is 36.3 Å². The van der Waals surface area contributed by atoms with E-state index in [0.717, 1.165) is 50.5 Å². The summed E-state index contributed by atoms with van der Waals surface area (Å²) in [5, 5.41) is 13.7. The van der Waals surface area contributed by atoms with Crippen molar-refractivity contribution in [3.8, 4) is 5.75 Å². The molecule has 0 spiro atoms. The van der Waals surface area contributed by atoms with Gasteiger partial charge in [-0.15, -0.1) is 0 Å². The summed E-state index contributed by atoms with van der Waals surface area (Å²) >= 11 is 0. The highest BCUT2D eigenvalue weighted by molar-refractivity contribution is 5.79. The van der Waals surface area contributed by atoms with Crippen LogP contribution >= 0.6 is 0 Å². The number of aromatic hydroxyl groups is 1. The van der Waals surface area contributed by atoms with E-state index >= 15 is 0 Å². The molecule has 0 radical (unpaired) electrons. The van der Waals surface area contributed by atoms with E-state index in [0.29, 0.717) is 0 Å². The molecule has 1 aliphatic carbocycles. The predicted octanol–water partition coefficient (Wildman–Crippen LogP) is 3.41. The third kappa shape index (κ3) is 4.46. The number of nitrogens with one attached hydrogen (secondary N) is 1. The number of benzene rings is 1. The van der Waals surface area contributed by atoms with Gasteiger partial charge in [0.1, 0.15) is 5.75 Å². The van der Waals surface area contributed by atoms with Gasteiger partial charge in [-0.25, -0.2) is 0 Å². The molecule has 27 heavy (non-hydrogen) atoms. The third-order valence-electron chi connectivity index (χ3n) is 6.40. The maximum Gasteiger partial charge on any atom is 0.234 e. The van der Waals surface area contributed by atoms with Gasteiger partial charge in [-0.05, 0) is 42.5 Å². The van der Waals surface area contributed by atoms with Crippen molar-refractivity contribution >= 4 is 5.91 Å². The molecule has 0 fully saturated rings. The molecule has 0 aromatic heterocycles. The molecule has 0 saturated heterocycles. The lowest BCUT2D eigenvalue weighted by molar-refractivity contribution is -0.121. The van der Waals surface area contributed by atoms with Crippen LogP contribution in [0.5, 0.6) is 5.75 Å². The Morgan fingerprint density at radius 2 is 2.04 bits per heavy atom. The Hall–Kier alpha value is -1.59. The normalized spacial score (nSPS) is 22.2. The van der Waals surface area contributed by atoms with Gasteiger partial charge in [-0.2, -0.15) is 0 Å². The van der Waals surface area contributed by atoms with Crippen LogP contribution < -0.4 is 11.1 Å². The number of hydrogen-bond donors (Lipinski definition) is 3. The van der Waals surface area contributed by atoms with Crippen LogP contribution in [0.15, 0.2) is 18.2 Å². The molecular weight excluding hydrogens is 340 g/mol. The van der Waals surface area contributed by atoms with Crippen LogP contribution in [0.4, 0.5) is 0 Å². The molecule has 3 atom stereocenters. The quantitative estimate of drug-likeness (QED) is 0.546. The van der Waals surface area contributed by atoms with Crippen molar-refractivity contribution in [2.45, 2.75) is 89.3 Å². The summed E-state index contributed by atoms with van der Waals surface area (Å²) in [6.45, 7) is 6.48. The van der Waals surface area contributed by atoms with Crippen molar-refractivity contribution in [2.75, 3.05) is 7.11 Å². The summed E-state index contributed by atoms with van der Waals surface area (Å²) in [5.41, 5.74) is 7.89. The minimum Gasteiger partial charge on any atom is -0.508 e. The lowest BCUT2D eigenvalue weighted by Crippen LogP contribution is -2.62. The topological polar surface area (TPSA) is 84.6 Å². The molecule has 0 bridgehead atoms. The number of fused-ring (bicyclic) bond motifs is 1. The van der Waals surface area contributed by atoms with E-state index < -0.39 is 0 Å². The van der Waals surface area contributed by atoms with Gasteiger partial charge < -0.3 is 15.6 Å². The number of ether oxygens (including phenoxy) is 1. The van der Waals surface area contributed by atoms with Gasteiger partial charge in [0, 0.05) is 25.0 Å². The molecule has 1 aromatic carbocycles. The van der Waals surface area contributed by atoms with Gasteiger partial charge in [0.05, 0.1) is 12.1 Å². The number of carbonyl (C=O) groups excluding carboxylic acids is 1. The Labute approximate surface area is 163 Å². The van der Waals surface area contributed by atoms with Crippen LogP contribution in [0.1, 0.15) is 70.4 Å². The number of amides is 1. The summed E-state index contributed by atoms with van der Waals surface area (Å²) in [6.07, 6.45) is 6.40. The van der Waals surface area contributed by atoms with Crippen molar-refractivity contribution in [3.63, 3.8) is 0 Å². The van der Waals surface area contributed by atoms with E-state index in [1.54, 1.807) is 13.2 Å². The zero-order valence-electron chi connectivity index (χ0n) is 17.3. The summed E-state index contributed by atoms with van der Waals surface area (Å²) in [6, 6.07) is 5.23. The molecule has 0 heterocycles. The molecule has 5 nitrogen and oxygen atoms in total. The second-order valence-electron chi connectivity index (χ2n) is 7.78. The number of phenols is 1. The fraction of sp³-hybridized carbons (Fsp3) is 0.682. The smallest absolute Gasteiger partial charge is 0.234 e. The summed E-state index contributed by atoms with van der Waals surface area (Å²) < 4.78 is 5.88. The molecule has 1 aromatic rings. The molecule has 0 saturated carbocycles. The molecule has 152 valence electrons. The molecule has 1 unspecified atom stereocenters. The first kappa shape index (κ1) is 21.7. The van der Waals surface area contributed by atoms with Crippen molar-refractivity contribution in [1.29, 1.82) is 0 Å².